The molecule has 0 amide bonds. The maximum absolute atomic E-state index is 11.6. The van der Waals surface area contributed by atoms with Gasteiger partial charge in [0.25, 0.3) is 0 Å². The van der Waals surface area contributed by atoms with Crippen LogP contribution < -0.4 is 0 Å². The summed E-state index contributed by atoms with van der Waals surface area (Å²) in [5, 5.41) is 0. The van der Waals surface area contributed by atoms with E-state index in [1.54, 1.807) is 0 Å². The van der Waals surface area contributed by atoms with Crippen LogP contribution in [-0.4, -0.2) is 56.1 Å². The Labute approximate surface area is 120 Å². The highest BCUT2D eigenvalue weighted by molar-refractivity contribution is 5.72. The monoisotopic (exact) mass is 283 g/mol. The summed E-state index contributed by atoms with van der Waals surface area (Å²) in [4.78, 5) is 14.0. The number of piperidine rings is 1. The normalized spacial score (nSPS) is 33.6. The molecule has 1 aliphatic carbocycles. The molecule has 3 aliphatic rings. The molecular formula is C15H25NO4. The molecule has 0 bridgehead atoms. The largest absolute Gasteiger partial charge is 0.469 e. The van der Waals surface area contributed by atoms with E-state index >= 15 is 0 Å². The van der Waals surface area contributed by atoms with Crippen LogP contribution in [0.1, 0.15) is 38.5 Å². The van der Waals surface area contributed by atoms with Gasteiger partial charge in [-0.25, -0.2) is 0 Å². The Morgan fingerprint density at radius 1 is 1.35 bits per heavy atom. The first-order valence-corrected chi connectivity index (χ1v) is 7.83. The van der Waals surface area contributed by atoms with Gasteiger partial charge in [-0.3, -0.25) is 9.69 Å². The molecule has 0 aromatic carbocycles. The number of rotatable bonds is 3. The summed E-state index contributed by atoms with van der Waals surface area (Å²) in [6, 6.07) is 0. The van der Waals surface area contributed by atoms with Crippen molar-refractivity contribution in [1.82, 2.24) is 4.90 Å². The zero-order chi connectivity index (χ0) is 14.0. The van der Waals surface area contributed by atoms with Crippen LogP contribution >= 0.6 is 0 Å². The van der Waals surface area contributed by atoms with Gasteiger partial charge in [-0.15, -0.1) is 0 Å². The van der Waals surface area contributed by atoms with E-state index in [0.29, 0.717) is 6.61 Å². The Morgan fingerprint density at radius 3 is 2.90 bits per heavy atom. The van der Waals surface area contributed by atoms with Crippen molar-refractivity contribution < 1.29 is 19.0 Å². The summed E-state index contributed by atoms with van der Waals surface area (Å²) in [6.45, 7) is 3.40. The number of esters is 1. The fraction of sp³-hybridized carbons (Fsp3) is 0.933. The lowest BCUT2D eigenvalue weighted by atomic mass is 9.98. The third-order valence-corrected chi connectivity index (χ3v) is 4.78. The number of hydrogen-bond acceptors (Lipinski definition) is 5. The molecule has 2 aliphatic heterocycles. The van der Waals surface area contributed by atoms with E-state index in [1.165, 1.54) is 20.0 Å². The average Bonchev–Trinajstić information content (AvgIpc) is 3.09. The zero-order valence-corrected chi connectivity index (χ0v) is 12.3. The first kappa shape index (κ1) is 14.3. The second kappa shape index (κ2) is 6.00. The molecule has 5 nitrogen and oxygen atoms in total. The Hall–Kier alpha value is -0.650. The molecule has 3 rings (SSSR count). The number of hydrogen-bond donors (Lipinski definition) is 0. The minimum Gasteiger partial charge on any atom is -0.469 e. The van der Waals surface area contributed by atoms with Crippen molar-refractivity contribution in [3.63, 3.8) is 0 Å². The second-order valence-electron chi connectivity index (χ2n) is 6.29. The molecule has 1 spiro atoms. The van der Waals surface area contributed by atoms with Gasteiger partial charge in [-0.05, 0) is 32.2 Å². The van der Waals surface area contributed by atoms with Crippen LogP contribution in [0.25, 0.3) is 0 Å². The standard InChI is InChI=1S/C15H25NO4/c1-18-14(17)12-5-4-8-16(9-12)10-13-11-19-15(20-13)6-2-3-7-15/h12-13H,2-11H2,1H3/t12-,13?/m0/s1. The third-order valence-electron chi connectivity index (χ3n) is 4.78. The van der Waals surface area contributed by atoms with E-state index in [2.05, 4.69) is 4.90 Å². The Balaban J connectivity index is 1.49. The van der Waals surface area contributed by atoms with E-state index in [-0.39, 0.29) is 23.8 Å². The van der Waals surface area contributed by atoms with Gasteiger partial charge in [0.05, 0.1) is 25.7 Å². The summed E-state index contributed by atoms with van der Waals surface area (Å²) in [6.07, 6.45) is 6.64. The van der Waals surface area contributed by atoms with Crippen LogP contribution in [0, 0.1) is 5.92 Å². The highest BCUT2D eigenvalue weighted by atomic mass is 16.7. The summed E-state index contributed by atoms with van der Waals surface area (Å²) in [7, 11) is 1.47. The van der Waals surface area contributed by atoms with Gasteiger partial charge in [-0.2, -0.15) is 0 Å². The number of carbonyl (C=O) groups excluding carboxylic acids is 1. The first-order chi connectivity index (χ1) is 9.71. The van der Waals surface area contributed by atoms with Crippen molar-refractivity contribution in [2.24, 2.45) is 5.92 Å². The Kier molecular flexibility index (Phi) is 4.29. The molecule has 2 atom stereocenters. The molecule has 114 valence electrons. The SMILES string of the molecule is COC(=O)[C@H]1CCCN(CC2COC3(CCCC3)O2)C1. The van der Waals surface area contributed by atoms with E-state index in [1.807, 2.05) is 0 Å². The fourth-order valence-electron chi connectivity index (χ4n) is 3.75. The topological polar surface area (TPSA) is 48.0 Å². The molecule has 0 radical (unpaired) electrons. The predicted octanol–water partition coefficient (Wildman–Crippen LogP) is 1.56. The van der Waals surface area contributed by atoms with Crippen molar-refractivity contribution in [2.45, 2.75) is 50.4 Å². The third kappa shape index (κ3) is 3.00. The lowest BCUT2D eigenvalue weighted by Gasteiger charge is -2.32. The van der Waals surface area contributed by atoms with Gasteiger partial charge in [0.15, 0.2) is 5.79 Å². The molecule has 0 aromatic rings. The predicted molar refractivity (Wildman–Crippen MR) is 73.2 cm³/mol. The zero-order valence-electron chi connectivity index (χ0n) is 12.3. The minimum absolute atomic E-state index is 0.0245. The minimum atomic E-state index is -0.276. The van der Waals surface area contributed by atoms with Crippen molar-refractivity contribution >= 4 is 5.97 Å². The van der Waals surface area contributed by atoms with Crippen LogP contribution in [0.3, 0.4) is 0 Å². The van der Waals surface area contributed by atoms with Crippen molar-refractivity contribution in [3.05, 3.63) is 0 Å². The Morgan fingerprint density at radius 2 is 2.15 bits per heavy atom. The summed E-state index contributed by atoms with van der Waals surface area (Å²) >= 11 is 0. The maximum atomic E-state index is 11.6. The molecule has 5 heteroatoms. The Bertz CT molecular complexity index is 354. The molecule has 1 unspecified atom stereocenters. The summed E-state index contributed by atoms with van der Waals surface area (Å²) in [5.74, 6) is -0.329. The highest BCUT2D eigenvalue weighted by Gasteiger charge is 2.44. The molecule has 0 aromatic heterocycles. The van der Waals surface area contributed by atoms with E-state index in [9.17, 15) is 4.79 Å². The first-order valence-electron chi connectivity index (χ1n) is 7.83. The summed E-state index contributed by atoms with van der Waals surface area (Å²) < 4.78 is 16.9. The summed E-state index contributed by atoms with van der Waals surface area (Å²) in [5.41, 5.74) is 0. The van der Waals surface area contributed by atoms with Crippen LogP contribution in [-0.2, 0) is 19.0 Å². The quantitative estimate of drug-likeness (QED) is 0.736. The molecule has 3 fully saturated rings. The lowest BCUT2D eigenvalue weighted by molar-refractivity contribution is -0.164. The van der Waals surface area contributed by atoms with Crippen LogP contribution in [0.2, 0.25) is 0 Å². The van der Waals surface area contributed by atoms with E-state index in [0.717, 1.165) is 45.3 Å². The van der Waals surface area contributed by atoms with Crippen molar-refractivity contribution in [1.29, 1.82) is 0 Å². The van der Waals surface area contributed by atoms with Crippen LogP contribution in [0.5, 0.6) is 0 Å². The smallest absolute Gasteiger partial charge is 0.309 e. The second-order valence-corrected chi connectivity index (χ2v) is 6.29. The van der Waals surface area contributed by atoms with Gasteiger partial charge in [0.2, 0.25) is 0 Å². The fourth-order valence-corrected chi connectivity index (χ4v) is 3.75. The number of nitrogens with zero attached hydrogens (tertiary/aromatic N) is 1. The van der Waals surface area contributed by atoms with E-state index < -0.39 is 0 Å². The van der Waals surface area contributed by atoms with Crippen LogP contribution in [0.4, 0.5) is 0 Å². The number of likely N-dealkylation sites (tertiary alicyclic amines) is 1. The number of ether oxygens (including phenoxy) is 3. The number of methoxy groups -OCH3 is 1. The molecule has 1 saturated carbocycles. The van der Waals surface area contributed by atoms with E-state index in [4.69, 9.17) is 14.2 Å². The average molecular weight is 283 g/mol. The lowest BCUT2D eigenvalue weighted by Crippen LogP contribution is -2.43. The van der Waals surface area contributed by atoms with Crippen molar-refractivity contribution in [3.8, 4) is 0 Å². The van der Waals surface area contributed by atoms with Gasteiger partial charge >= 0.3 is 5.97 Å². The van der Waals surface area contributed by atoms with Gasteiger partial charge in [0, 0.05) is 25.9 Å². The highest BCUT2D eigenvalue weighted by Crippen LogP contribution is 2.39. The molecule has 2 heterocycles. The van der Waals surface area contributed by atoms with Gasteiger partial charge < -0.3 is 14.2 Å². The molecule has 0 N–H and O–H groups in total. The van der Waals surface area contributed by atoms with Gasteiger partial charge in [-0.1, -0.05) is 0 Å². The van der Waals surface area contributed by atoms with Crippen LogP contribution in [0.15, 0.2) is 0 Å². The van der Waals surface area contributed by atoms with Crippen molar-refractivity contribution in [2.75, 3.05) is 33.4 Å². The molecule has 20 heavy (non-hydrogen) atoms. The molecular weight excluding hydrogens is 258 g/mol. The van der Waals surface area contributed by atoms with Gasteiger partial charge in [0.1, 0.15) is 0 Å². The maximum Gasteiger partial charge on any atom is 0.309 e. The number of carbonyl (C=O) groups is 1. The molecule has 2 saturated heterocycles.